The summed E-state index contributed by atoms with van der Waals surface area (Å²) in [7, 11) is 5.73. The molecule has 4 aromatic heterocycles. The van der Waals surface area contributed by atoms with Gasteiger partial charge in [0.15, 0.2) is 11.6 Å². The predicted octanol–water partition coefficient (Wildman–Crippen LogP) is 4.38. The molecule has 1 unspecified atom stereocenters. The monoisotopic (exact) mass is 471 g/mol. The Morgan fingerprint density at radius 2 is 1.91 bits per heavy atom. The summed E-state index contributed by atoms with van der Waals surface area (Å²) in [5, 5.41) is 5.51. The minimum absolute atomic E-state index is 0.192. The summed E-state index contributed by atoms with van der Waals surface area (Å²) in [5.74, 6) is 2.32. The molecule has 1 aromatic carbocycles. The predicted molar refractivity (Wildman–Crippen MR) is 135 cm³/mol. The van der Waals surface area contributed by atoms with E-state index in [1.807, 2.05) is 41.8 Å². The van der Waals surface area contributed by atoms with Crippen molar-refractivity contribution in [3.05, 3.63) is 55.0 Å². The van der Waals surface area contributed by atoms with Gasteiger partial charge in [0.25, 0.3) is 0 Å². The summed E-state index contributed by atoms with van der Waals surface area (Å²) >= 11 is 1.68. The Labute approximate surface area is 201 Å². The minimum atomic E-state index is 0.192. The van der Waals surface area contributed by atoms with Crippen molar-refractivity contribution in [1.29, 1.82) is 0 Å². The molecule has 172 valence electrons. The van der Waals surface area contributed by atoms with E-state index in [9.17, 15) is 0 Å². The number of nitrogens with zero attached hydrogens (tertiary/aromatic N) is 7. The van der Waals surface area contributed by atoms with Gasteiger partial charge < -0.3 is 14.2 Å². The van der Waals surface area contributed by atoms with Gasteiger partial charge in [0.2, 0.25) is 0 Å². The second kappa shape index (κ2) is 8.34. The lowest BCUT2D eigenvalue weighted by molar-refractivity contribution is 0.121. The lowest BCUT2D eigenvalue weighted by Gasteiger charge is -2.20. The van der Waals surface area contributed by atoms with E-state index in [0.717, 1.165) is 63.1 Å². The smallest absolute Gasteiger partial charge is 0.199 e. The third-order valence-corrected chi connectivity index (χ3v) is 7.55. The molecule has 8 nitrogen and oxygen atoms in total. The highest BCUT2D eigenvalue weighted by Crippen LogP contribution is 2.47. The first-order chi connectivity index (χ1) is 16.6. The van der Waals surface area contributed by atoms with Gasteiger partial charge in [-0.1, -0.05) is 30.3 Å². The third kappa shape index (κ3) is 3.39. The van der Waals surface area contributed by atoms with Crippen molar-refractivity contribution in [2.75, 3.05) is 25.1 Å². The maximum atomic E-state index is 5.68. The Morgan fingerprint density at radius 1 is 1.06 bits per heavy atom. The molecule has 1 atom stereocenters. The van der Waals surface area contributed by atoms with E-state index >= 15 is 0 Å². The van der Waals surface area contributed by atoms with Crippen LogP contribution >= 0.6 is 11.3 Å². The van der Waals surface area contributed by atoms with E-state index in [-0.39, 0.29) is 6.10 Å². The van der Waals surface area contributed by atoms with Gasteiger partial charge in [-0.25, -0.2) is 15.0 Å². The van der Waals surface area contributed by atoms with Gasteiger partial charge in [-0.15, -0.1) is 11.3 Å². The number of hydrogen-bond donors (Lipinski definition) is 0. The number of imidazole rings is 1. The molecule has 0 amide bonds. The van der Waals surface area contributed by atoms with E-state index in [0.29, 0.717) is 5.82 Å². The van der Waals surface area contributed by atoms with Gasteiger partial charge in [0, 0.05) is 58.4 Å². The zero-order chi connectivity index (χ0) is 23.2. The number of benzene rings is 1. The number of hydrogen-bond acceptors (Lipinski definition) is 7. The lowest BCUT2D eigenvalue weighted by Crippen LogP contribution is -2.23. The van der Waals surface area contributed by atoms with Gasteiger partial charge in [0.05, 0.1) is 22.1 Å². The number of aromatic nitrogens is 6. The molecule has 9 heteroatoms. The van der Waals surface area contributed by atoms with E-state index in [2.05, 4.69) is 45.3 Å². The molecule has 5 aromatic rings. The van der Waals surface area contributed by atoms with Gasteiger partial charge >= 0.3 is 0 Å². The zero-order valence-corrected chi connectivity index (χ0v) is 20.2. The summed E-state index contributed by atoms with van der Waals surface area (Å²) < 4.78 is 9.56. The van der Waals surface area contributed by atoms with Gasteiger partial charge in [-0.3, -0.25) is 4.68 Å². The van der Waals surface area contributed by atoms with E-state index in [1.54, 1.807) is 24.6 Å². The van der Waals surface area contributed by atoms with Crippen LogP contribution in [-0.2, 0) is 18.8 Å². The molecule has 0 saturated carbocycles. The number of aryl methyl sites for hydroxylation is 2. The SMILES string of the molecule is COC1CCN(c2nc(-c3nccn3C)nc3sc(-c4ccnn4C)c(-c4ccccc4)c23)C1. The maximum absolute atomic E-state index is 5.68. The van der Waals surface area contributed by atoms with Crippen molar-refractivity contribution in [3.63, 3.8) is 0 Å². The molecule has 0 aliphatic carbocycles. The van der Waals surface area contributed by atoms with Crippen LogP contribution in [0.3, 0.4) is 0 Å². The average Bonchev–Trinajstić information content (AvgIpc) is 3.64. The third-order valence-electron chi connectivity index (χ3n) is 6.45. The van der Waals surface area contributed by atoms with Crippen LogP contribution in [0.1, 0.15) is 6.42 Å². The Hall–Kier alpha value is -3.56. The van der Waals surface area contributed by atoms with Crippen LogP contribution < -0.4 is 4.90 Å². The quantitative estimate of drug-likeness (QED) is 0.379. The van der Waals surface area contributed by atoms with Crippen LogP contribution in [0.2, 0.25) is 0 Å². The second-order valence-corrected chi connectivity index (χ2v) is 9.52. The summed E-state index contributed by atoms with van der Waals surface area (Å²) in [6.07, 6.45) is 6.70. The van der Waals surface area contributed by atoms with E-state index in [1.165, 1.54) is 0 Å². The lowest BCUT2D eigenvalue weighted by atomic mass is 10.0. The summed E-state index contributed by atoms with van der Waals surface area (Å²) in [6.45, 7) is 1.68. The van der Waals surface area contributed by atoms with Crippen molar-refractivity contribution in [2.45, 2.75) is 12.5 Å². The molecule has 0 radical (unpaired) electrons. The van der Waals surface area contributed by atoms with Crippen LogP contribution in [0.15, 0.2) is 55.0 Å². The normalized spacial score (nSPS) is 16.1. The Bertz CT molecular complexity index is 1470. The highest BCUT2D eigenvalue weighted by atomic mass is 32.1. The molecular formula is C25H25N7OS. The fraction of sp³-hybridized carbons (Fsp3) is 0.280. The topological polar surface area (TPSA) is 73.9 Å². The summed E-state index contributed by atoms with van der Waals surface area (Å²) in [4.78, 5) is 19.1. The Morgan fingerprint density at radius 3 is 2.59 bits per heavy atom. The minimum Gasteiger partial charge on any atom is -0.380 e. The molecule has 34 heavy (non-hydrogen) atoms. The number of rotatable bonds is 5. The largest absolute Gasteiger partial charge is 0.380 e. The van der Waals surface area contributed by atoms with Crippen molar-refractivity contribution < 1.29 is 4.74 Å². The number of fused-ring (bicyclic) bond motifs is 1. The van der Waals surface area contributed by atoms with Crippen molar-refractivity contribution >= 4 is 27.4 Å². The standard InChI is InChI=1S/C25H25N7OS/c1-30-14-12-26-24(30)22-28-23(32-13-10-17(15-32)33-3)20-19(16-7-5-4-6-8-16)21(34-25(20)29-22)18-9-11-27-31(18)2/h4-9,11-12,14,17H,10,13,15H2,1-3H3. The molecule has 0 bridgehead atoms. The van der Waals surface area contributed by atoms with Crippen LogP contribution in [0.5, 0.6) is 0 Å². The summed E-state index contributed by atoms with van der Waals surface area (Å²) in [5.41, 5.74) is 3.34. The molecule has 1 aliphatic heterocycles. The fourth-order valence-electron chi connectivity index (χ4n) is 4.66. The van der Waals surface area contributed by atoms with Crippen LogP contribution in [-0.4, -0.2) is 55.6 Å². The number of methoxy groups -OCH3 is 1. The molecule has 6 rings (SSSR count). The van der Waals surface area contributed by atoms with Crippen LogP contribution in [0, 0.1) is 0 Å². The van der Waals surface area contributed by atoms with Crippen LogP contribution in [0.4, 0.5) is 5.82 Å². The molecule has 5 heterocycles. The van der Waals surface area contributed by atoms with Crippen molar-refractivity contribution in [3.8, 4) is 33.3 Å². The van der Waals surface area contributed by atoms with Crippen LogP contribution in [0.25, 0.3) is 43.6 Å². The molecule has 0 N–H and O–H groups in total. The number of anilines is 1. The first-order valence-corrected chi connectivity index (χ1v) is 12.1. The van der Waals surface area contributed by atoms with Gasteiger partial charge in [0.1, 0.15) is 10.6 Å². The Balaban J connectivity index is 1.68. The zero-order valence-electron chi connectivity index (χ0n) is 19.3. The molecule has 1 aliphatic rings. The van der Waals surface area contributed by atoms with Crippen molar-refractivity contribution in [1.82, 2.24) is 29.3 Å². The highest BCUT2D eigenvalue weighted by molar-refractivity contribution is 7.22. The number of ether oxygens (including phenoxy) is 1. The molecule has 1 fully saturated rings. The molecule has 0 spiro atoms. The van der Waals surface area contributed by atoms with Gasteiger partial charge in [-0.2, -0.15) is 5.10 Å². The second-order valence-electron chi connectivity index (χ2n) is 8.52. The molecule has 1 saturated heterocycles. The van der Waals surface area contributed by atoms with Crippen molar-refractivity contribution in [2.24, 2.45) is 14.1 Å². The molecular weight excluding hydrogens is 446 g/mol. The fourth-order valence-corrected chi connectivity index (χ4v) is 5.91. The number of thiophene rings is 1. The average molecular weight is 472 g/mol. The van der Waals surface area contributed by atoms with E-state index in [4.69, 9.17) is 14.7 Å². The first kappa shape index (κ1) is 21.0. The maximum Gasteiger partial charge on any atom is 0.199 e. The Kier molecular flexibility index (Phi) is 5.15. The summed E-state index contributed by atoms with van der Waals surface area (Å²) in [6, 6.07) is 12.6. The van der Waals surface area contributed by atoms with Gasteiger partial charge in [-0.05, 0) is 18.1 Å². The van der Waals surface area contributed by atoms with E-state index < -0.39 is 0 Å². The first-order valence-electron chi connectivity index (χ1n) is 11.3. The highest BCUT2D eigenvalue weighted by Gasteiger charge is 2.30.